The fraction of sp³-hybridized carbons (Fsp3) is 0.455. The van der Waals surface area contributed by atoms with Gasteiger partial charge in [0.25, 0.3) is 0 Å². The second kappa shape index (κ2) is 3.46. The van der Waals surface area contributed by atoms with E-state index >= 15 is 0 Å². The minimum Gasteiger partial charge on any atom is -0.306 e. The third-order valence-electron chi connectivity index (χ3n) is 2.61. The first-order valence-electron chi connectivity index (χ1n) is 4.83. The minimum absolute atomic E-state index is 0.0547. The molecule has 0 spiro atoms. The fourth-order valence-corrected chi connectivity index (χ4v) is 2.00. The van der Waals surface area contributed by atoms with Crippen LogP contribution in [0.1, 0.15) is 36.9 Å². The maximum atomic E-state index is 13.4. The Morgan fingerprint density at radius 2 is 2.38 bits per heavy atom. The first-order chi connectivity index (χ1) is 6.33. The molecule has 0 bridgehead atoms. The van der Waals surface area contributed by atoms with Crippen LogP contribution in [0.5, 0.6) is 0 Å². The van der Waals surface area contributed by atoms with Crippen molar-refractivity contribution in [1.82, 2.24) is 5.32 Å². The molecular weight excluding hydrogens is 165 g/mol. The van der Waals surface area contributed by atoms with Crippen molar-refractivity contribution in [3.8, 4) is 0 Å². The van der Waals surface area contributed by atoms with E-state index in [9.17, 15) is 4.39 Å². The standard InChI is InChI=1S/C11H14FN/c1-2-4-10-11-8(7-13-10)5-3-6-9(11)12/h3,5-6,10,13H,2,4,7H2,1H3. The summed E-state index contributed by atoms with van der Waals surface area (Å²) in [5, 5.41) is 3.32. The van der Waals surface area contributed by atoms with Gasteiger partial charge in [0, 0.05) is 18.2 Å². The Morgan fingerprint density at radius 1 is 1.54 bits per heavy atom. The van der Waals surface area contributed by atoms with E-state index in [-0.39, 0.29) is 11.9 Å². The number of benzene rings is 1. The molecule has 13 heavy (non-hydrogen) atoms. The van der Waals surface area contributed by atoms with Gasteiger partial charge in [0.2, 0.25) is 0 Å². The Kier molecular flexibility index (Phi) is 2.32. The summed E-state index contributed by atoms with van der Waals surface area (Å²) < 4.78 is 13.4. The zero-order valence-corrected chi connectivity index (χ0v) is 7.81. The number of halogens is 1. The van der Waals surface area contributed by atoms with Crippen LogP contribution in [-0.2, 0) is 6.54 Å². The Morgan fingerprint density at radius 3 is 3.15 bits per heavy atom. The van der Waals surface area contributed by atoms with Crippen molar-refractivity contribution in [3.63, 3.8) is 0 Å². The van der Waals surface area contributed by atoms with Crippen LogP contribution in [0.15, 0.2) is 18.2 Å². The van der Waals surface area contributed by atoms with Crippen molar-refractivity contribution in [2.75, 3.05) is 0 Å². The molecule has 1 unspecified atom stereocenters. The van der Waals surface area contributed by atoms with E-state index in [0.29, 0.717) is 0 Å². The quantitative estimate of drug-likeness (QED) is 0.736. The van der Waals surface area contributed by atoms with Gasteiger partial charge in [0.1, 0.15) is 5.82 Å². The van der Waals surface area contributed by atoms with Gasteiger partial charge in [-0.1, -0.05) is 25.5 Å². The van der Waals surface area contributed by atoms with E-state index in [2.05, 4.69) is 12.2 Å². The van der Waals surface area contributed by atoms with E-state index in [1.54, 1.807) is 12.1 Å². The number of rotatable bonds is 2. The second-order valence-electron chi connectivity index (χ2n) is 3.53. The van der Waals surface area contributed by atoms with Gasteiger partial charge in [-0.05, 0) is 18.1 Å². The van der Waals surface area contributed by atoms with Gasteiger partial charge in [-0.2, -0.15) is 0 Å². The average Bonchev–Trinajstić information content (AvgIpc) is 2.51. The minimum atomic E-state index is -0.0547. The number of hydrogen-bond acceptors (Lipinski definition) is 1. The number of hydrogen-bond donors (Lipinski definition) is 1. The number of nitrogens with one attached hydrogen (secondary N) is 1. The van der Waals surface area contributed by atoms with Crippen LogP contribution in [0.2, 0.25) is 0 Å². The predicted molar refractivity (Wildman–Crippen MR) is 50.9 cm³/mol. The van der Waals surface area contributed by atoms with Gasteiger partial charge in [-0.3, -0.25) is 0 Å². The topological polar surface area (TPSA) is 12.0 Å². The van der Waals surface area contributed by atoms with Crippen LogP contribution >= 0.6 is 0 Å². The normalized spacial score (nSPS) is 20.3. The van der Waals surface area contributed by atoms with Crippen molar-refractivity contribution in [3.05, 3.63) is 35.1 Å². The van der Waals surface area contributed by atoms with Gasteiger partial charge in [-0.15, -0.1) is 0 Å². The molecule has 0 fully saturated rings. The SMILES string of the molecule is CCCC1NCc2cccc(F)c21. The van der Waals surface area contributed by atoms with Crippen molar-refractivity contribution in [2.45, 2.75) is 32.4 Å². The summed E-state index contributed by atoms with van der Waals surface area (Å²) in [4.78, 5) is 0. The van der Waals surface area contributed by atoms with Gasteiger partial charge in [0.05, 0.1) is 0 Å². The molecule has 1 aromatic rings. The van der Waals surface area contributed by atoms with Crippen molar-refractivity contribution >= 4 is 0 Å². The summed E-state index contributed by atoms with van der Waals surface area (Å²) in [6, 6.07) is 5.57. The molecule has 2 heteroatoms. The highest BCUT2D eigenvalue weighted by atomic mass is 19.1. The van der Waals surface area contributed by atoms with E-state index in [1.807, 2.05) is 6.07 Å². The Bertz CT molecular complexity index is 307. The lowest BCUT2D eigenvalue weighted by Crippen LogP contribution is -2.12. The molecule has 70 valence electrons. The smallest absolute Gasteiger partial charge is 0.128 e. The Labute approximate surface area is 78.0 Å². The molecule has 2 rings (SSSR count). The van der Waals surface area contributed by atoms with Crippen molar-refractivity contribution < 1.29 is 4.39 Å². The monoisotopic (exact) mass is 179 g/mol. The van der Waals surface area contributed by atoms with Gasteiger partial charge >= 0.3 is 0 Å². The zero-order chi connectivity index (χ0) is 9.26. The van der Waals surface area contributed by atoms with Crippen molar-refractivity contribution in [2.24, 2.45) is 0 Å². The Balaban J connectivity index is 2.34. The highest BCUT2D eigenvalue weighted by molar-refractivity contribution is 5.34. The summed E-state index contributed by atoms with van der Waals surface area (Å²) in [5.74, 6) is -0.0547. The van der Waals surface area contributed by atoms with E-state index in [4.69, 9.17) is 0 Å². The molecule has 1 N–H and O–H groups in total. The maximum Gasteiger partial charge on any atom is 0.128 e. The highest BCUT2D eigenvalue weighted by Crippen LogP contribution is 2.30. The fourth-order valence-electron chi connectivity index (χ4n) is 2.00. The van der Waals surface area contributed by atoms with Gasteiger partial charge in [-0.25, -0.2) is 4.39 Å². The third-order valence-corrected chi connectivity index (χ3v) is 2.61. The van der Waals surface area contributed by atoms with E-state index in [0.717, 1.165) is 30.5 Å². The lowest BCUT2D eigenvalue weighted by molar-refractivity contribution is 0.509. The molecule has 1 aromatic carbocycles. The van der Waals surface area contributed by atoms with Crippen LogP contribution in [0.25, 0.3) is 0 Å². The first kappa shape index (κ1) is 8.70. The second-order valence-corrected chi connectivity index (χ2v) is 3.53. The van der Waals surface area contributed by atoms with Crippen LogP contribution < -0.4 is 5.32 Å². The molecule has 1 aliphatic heterocycles. The average molecular weight is 179 g/mol. The molecule has 0 aromatic heterocycles. The predicted octanol–water partition coefficient (Wildman–Crippen LogP) is 2.77. The van der Waals surface area contributed by atoms with Gasteiger partial charge in [0.15, 0.2) is 0 Å². The van der Waals surface area contributed by atoms with Gasteiger partial charge < -0.3 is 5.32 Å². The van der Waals surface area contributed by atoms with Crippen molar-refractivity contribution in [1.29, 1.82) is 0 Å². The largest absolute Gasteiger partial charge is 0.306 e. The van der Waals surface area contributed by atoms with Crippen LogP contribution in [0.3, 0.4) is 0 Å². The molecule has 0 aliphatic carbocycles. The summed E-state index contributed by atoms with van der Waals surface area (Å²) in [6.07, 6.45) is 2.11. The third kappa shape index (κ3) is 1.46. The lowest BCUT2D eigenvalue weighted by atomic mass is 10.0. The maximum absolute atomic E-state index is 13.4. The Hall–Kier alpha value is -0.890. The van der Waals surface area contributed by atoms with Crippen LogP contribution in [-0.4, -0.2) is 0 Å². The summed E-state index contributed by atoms with van der Waals surface area (Å²) in [5.41, 5.74) is 2.02. The number of fused-ring (bicyclic) bond motifs is 1. The molecular formula is C11H14FN. The molecule has 1 heterocycles. The summed E-state index contributed by atoms with van der Waals surface area (Å²) in [7, 11) is 0. The van der Waals surface area contributed by atoms with E-state index < -0.39 is 0 Å². The summed E-state index contributed by atoms with van der Waals surface area (Å²) >= 11 is 0. The first-order valence-corrected chi connectivity index (χ1v) is 4.83. The summed E-state index contributed by atoms with van der Waals surface area (Å²) in [6.45, 7) is 2.94. The highest BCUT2D eigenvalue weighted by Gasteiger charge is 2.23. The molecule has 1 aliphatic rings. The molecule has 1 atom stereocenters. The van der Waals surface area contributed by atoms with Crippen LogP contribution in [0.4, 0.5) is 4.39 Å². The molecule has 0 radical (unpaired) electrons. The molecule has 0 amide bonds. The lowest BCUT2D eigenvalue weighted by Gasteiger charge is -2.10. The molecule has 0 saturated carbocycles. The van der Waals surface area contributed by atoms with E-state index in [1.165, 1.54) is 0 Å². The zero-order valence-electron chi connectivity index (χ0n) is 7.81. The van der Waals surface area contributed by atoms with Crippen LogP contribution in [0, 0.1) is 5.82 Å². The molecule has 1 nitrogen and oxygen atoms in total. The molecule has 0 saturated heterocycles.